The van der Waals surface area contributed by atoms with Gasteiger partial charge in [0, 0.05) is 46.2 Å². The van der Waals surface area contributed by atoms with Crippen molar-refractivity contribution in [2.24, 2.45) is 4.99 Å². The van der Waals surface area contributed by atoms with Crippen molar-refractivity contribution in [3.63, 3.8) is 0 Å². The molecule has 0 bridgehead atoms. The van der Waals surface area contributed by atoms with Crippen LogP contribution in [0.4, 0.5) is 0 Å². The number of guanidine groups is 1. The van der Waals surface area contributed by atoms with Gasteiger partial charge >= 0.3 is 0 Å². The summed E-state index contributed by atoms with van der Waals surface area (Å²) in [6.45, 7) is 6.15. The van der Waals surface area contributed by atoms with Gasteiger partial charge in [-0.25, -0.2) is 0 Å². The van der Waals surface area contributed by atoms with Gasteiger partial charge < -0.3 is 24.6 Å². The van der Waals surface area contributed by atoms with E-state index in [1.54, 1.807) is 14.2 Å². The molecule has 0 spiro atoms. The number of amides is 1. The van der Waals surface area contributed by atoms with Crippen LogP contribution in [-0.2, 0) is 11.2 Å². The maximum Gasteiger partial charge on any atom is 0.222 e. The van der Waals surface area contributed by atoms with Gasteiger partial charge in [0.1, 0.15) is 0 Å². The van der Waals surface area contributed by atoms with Crippen LogP contribution in [0, 0.1) is 0 Å². The Balaban J connectivity index is 1.85. The van der Waals surface area contributed by atoms with E-state index in [1.165, 1.54) is 5.56 Å². The second-order valence-electron chi connectivity index (χ2n) is 7.64. The fourth-order valence-electron chi connectivity index (χ4n) is 3.63. The lowest BCUT2D eigenvalue weighted by atomic mass is 10.1. The summed E-state index contributed by atoms with van der Waals surface area (Å²) in [6, 6.07) is 6.03. The standard InChI is InChI=1S/C23H38N4O3/c1-5-24-23(25-14-9-16-27-15-8-6-7-10-22(27)28)26(2)17-13-19-11-12-20(29-3)21(18-19)30-4/h11-12,18H,5-10,13-17H2,1-4H3,(H,24,25). The van der Waals surface area contributed by atoms with Crippen LogP contribution in [0.5, 0.6) is 11.5 Å². The summed E-state index contributed by atoms with van der Waals surface area (Å²) < 4.78 is 10.7. The van der Waals surface area contributed by atoms with Crippen LogP contribution in [-0.4, -0.2) is 75.7 Å². The topological polar surface area (TPSA) is 66.4 Å². The van der Waals surface area contributed by atoms with Crippen molar-refractivity contribution >= 4 is 11.9 Å². The summed E-state index contributed by atoms with van der Waals surface area (Å²) in [6.07, 6.45) is 5.79. The van der Waals surface area contributed by atoms with Crippen LogP contribution in [0.1, 0.15) is 44.6 Å². The van der Waals surface area contributed by atoms with Gasteiger partial charge in [-0.3, -0.25) is 9.79 Å². The molecule has 0 saturated carbocycles. The van der Waals surface area contributed by atoms with Crippen molar-refractivity contribution in [3.05, 3.63) is 23.8 Å². The number of ether oxygens (including phenoxy) is 2. The SMILES string of the molecule is CCNC(=NCCCN1CCCCCC1=O)N(C)CCc1ccc(OC)c(OC)c1. The number of likely N-dealkylation sites (tertiary alicyclic amines) is 1. The van der Waals surface area contributed by atoms with E-state index in [4.69, 9.17) is 14.5 Å². The van der Waals surface area contributed by atoms with Gasteiger partial charge in [0.2, 0.25) is 5.91 Å². The summed E-state index contributed by atoms with van der Waals surface area (Å²) in [5.41, 5.74) is 1.19. The molecule has 2 rings (SSSR count). The molecular formula is C23H38N4O3. The van der Waals surface area contributed by atoms with Crippen LogP contribution < -0.4 is 14.8 Å². The second kappa shape index (κ2) is 13.0. The predicted molar refractivity (Wildman–Crippen MR) is 122 cm³/mol. The van der Waals surface area contributed by atoms with Crippen molar-refractivity contribution in [2.45, 2.75) is 45.4 Å². The third kappa shape index (κ3) is 7.43. The highest BCUT2D eigenvalue weighted by Crippen LogP contribution is 2.27. The Morgan fingerprint density at radius 1 is 1.20 bits per heavy atom. The Labute approximate surface area is 181 Å². The maximum atomic E-state index is 12.1. The molecule has 1 heterocycles. The third-order valence-electron chi connectivity index (χ3n) is 5.40. The van der Waals surface area contributed by atoms with E-state index in [2.05, 4.69) is 30.3 Å². The first kappa shape index (κ1) is 23.8. The highest BCUT2D eigenvalue weighted by atomic mass is 16.5. The lowest BCUT2D eigenvalue weighted by Crippen LogP contribution is -2.40. The largest absolute Gasteiger partial charge is 0.493 e. The molecule has 1 aliphatic rings. The summed E-state index contributed by atoms with van der Waals surface area (Å²) in [5.74, 6) is 2.70. The zero-order valence-corrected chi connectivity index (χ0v) is 19.1. The van der Waals surface area contributed by atoms with Crippen molar-refractivity contribution in [3.8, 4) is 11.5 Å². The van der Waals surface area contributed by atoms with Crippen LogP contribution in [0.2, 0.25) is 0 Å². The van der Waals surface area contributed by atoms with E-state index in [-0.39, 0.29) is 0 Å². The van der Waals surface area contributed by atoms with E-state index in [0.717, 1.165) is 75.7 Å². The van der Waals surface area contributed by atoms with Crippen molar-refractivity contribution in [1.29, 1.82) is 0 Å². The first-order chi connectivity index (χ1) is 14.6. The molecule has 0 aromatic heterocycles. The molecule has 1 aromatic carbocycles. The minimum absolute atomic E-state index is 0.301. The van der Waals surface area contributed by atoms with E-state index < -0.39 is 0 Å². The van der Waals surface area contributed by atoms with E-state index >= 15 is 0 Å². The second-order valence-corrected chi connectivity index (χ2v) is 7.64. The fourth-order valence-corrected chi connectivity index (χ4v) is 3.63. The lowest BCUT2D eigenvalue weighted by Gasteiger charge is -2.23. The zero-order chi connectivity index (χ0) is 21.8. The monoisotopic (exact) mass is 418 g/mol. The lowest BCUT2D eigenvalue weighted by molar-refractivity contribution is -0.130. The minimum Gasteiger partial charge on any atom is -0.493 e. The highest BCUT2D eigenvalue weighted by molar-refractivity contribution is 5.79. The number of hydrogen-bond donors (Lipinski definition) is 1. The molecule has 168 valence electrons. The molecule has 0 unspecified atom stereocenters. The van der Waals surface area contributed by atoms with Gasteiger partial charge in [-0.05, 0) is 50.3 Å². The van der Waals surface area contributed by atoms with E-state index in [1.807, 2.05) is 17.0 Å². The highest BCUT2D eigenvalue weighted by Gasteiger charge is 2.15. The Morgan fingerprint density at radius 2 is 2.00 bits per heavy atom. The molecule has 1 aliphatic heterocycles. The van der Waals surface area contributed by atoms with Gasteiger partial charge in [-0.2, -0.15) is 0 Å². The van der Waals surface area contributed by atoms with Gasteiger partial charge in [0.05, 0.1) is 14.2 Å². The van der Waals surface area contributed by atoms with Gasteiger partial charge in [0.25, 0.3) is 0 Å². The number of methoxy groups -OCH3 is 2. The summed E-state index contributed by atoms with van der Waals surface area (Å²) in [4.78, 5) is 21.0. The summed E-state index contributed by atoms with van der Waals surface area (Å²) in [5, 5.41) is 3.37. The van der Waals surface area contributed by atoms with Crippen LogP contribution in [0.15, 0.2) is 23.2 Å². The summed E-state index contributed by atoms with van der Waals surface area (Å²) >= 11 is 0. The summed E-state index contributed by atoms with van der Waals surface area (Å²) in [7, 11) is 5.36. The number of carbonyl (C=O) groups is 1. The molecular weight excluding hydrogens is 380 g/mol. The molecule has 0 atom stereocenters. The number of likely N-dealkylation sites (N-methyl/N-ethyl adjacent to an activating group) is 1. The Bertz CT molecular complexity index is 693. The Morgan fingerprint density at radius 3 is 2.73 bits per heavy atom. The smallest absolute Gasteiger partial charge is 0.222 e. The number of carbonyl (C=O) groups excluding carboxylic acids is 1. The molecule has 1 aromatic rings. The first-order valence-corrected chi connectivity index (χ1v) is 11.1. The van der Waals surface area contributed by atoms with Gasteiger partial charge in [-0.1, -0.05) is 12.5 Å². The molecule has 0 radical (unpaired) electrons. The van der Waals surface area contributed by atoms with Crippen LogP contribution in [0.25, 0.3) is 0 Å². The molecule has 7 heteroatoms. The molecule has 30 heavy (non-hydrogen) atoms. The number of nitrogens with zero attached hydrogens (tertiary/aromatic N) is 3. The number of hydrogen-bond acceptors (Lipinski definition) is 4. The average molecular weight is 419 g/mol. The number of nitrogens with one attached hydrogen (secondary N) is 1. The number of rotatable bonds is 10. The van der Waals surface area contributed by atoms with E-state index in [0.29, 0.717) is 18.9 Å². The van der Waals surface area contributed by atoms with E-state index in [9.17, 15) is 4.79 Å². The average Bonchev–Trinajstić information content (AvgIpc) is 2.97. The van der Waals surface area contributed by atoms with Crippen molar-refractivity contribution in [2.75, 3.05) is 54.0 Å². The molecule has 1 saturated heterocycles. The van der Waals surface area contributed by atoms with Crippen LogP contribution >= 0.6 is 0 Å². The molecule has 1 fully saturated rings. The minimum atomic E-state index is 0.301. The van der Waals surface area contributed by atoms with Gasteiger partial charge in [0.15, 0.2) is 17.5 Å². The number of benzene rings is 1. The van der Waals surface area contributed by atoms with Gasteiger partial charge in [-0.15, -0.1) is 0 Å². The molecule has 1 N–H and O–H groups in total. The predicted octanol–water partition coefficient (Wildman–Crippen LogP) is 2.94. The van der Waals surface area contributed by atoms with Crippen molar-refractivity contribution in [1.82, 2.24) is 15.1 Å². The Hall–Kier alpha value is -2.44. The maximum absolute atomic E-state index is 12.1. The number of aliphatic imine (C=N–C) groups is 1. The quantitative estimate of drug-likeness (QED) is 0.360. The first-order valence-electron chi connectivity index (χ1n) is 11.1. The van der Waals surface area contributed by atoms with Crippen LogP contribution in [0.3, 0.4) is 0 Å². The fraction of sp³-hybridized carbons (Fsp3) is 0.652. The molecule has 7 nitrogen and oxygen atoms in total. The zero-order valence-electron chi connectivity index (χ0n) is 19.1. The third-order valence-corrected chi connectivity index (χ3v) is 5.40. The normalized spacial score (nSPS) is 15.0. The molecule has 0 aliphatic carbocycles. The van der Waals surface area contributed by atoms with Crippen molar-refractivity contribution < 1.29 is 14.3 Å². The molecule has 1 amide bonds. The Kier molecular flexibility index (Phi) is 10.3.